The van der Waals surface area contributed by atoms with Crippen LogP contribution in [0.3, 0.4) is 0 Å². The molecule has 0 amide bonds. The average molecular weight is 348 g/mol. The highest BCUT2D eigenvalue weighted by molar-refractivity contribution is 8.02. The number of nitrogens with one attached hydrogen (secondary N) is 1. The minimum atomic E-state index is 0.0441. The number of hydrogen-bond donors (Lipinski definition) is 1. The summed E-state index contributed by atoms with van der Waals surface area (Å²) in [5.74, 6) is 3.75. The summed E-state index contributed by atoms with van der Waals surface area (Å²) in [6.07, 6.45) is 2.39. The lowest BCUT2D eigenvalue weighted by Gasteiger charge is -2.33. The van der Waals surface area contributed by atoms with Gasteiger partial charge in [-0.2, -0.15) is 11.8 Å². The van der Waals surface area contributed by atoms with Crippen LogP contribution in [-0.4, -0.2) is 31.3 Å². The molecule has 6 heteroatoms. The van der Waals surface area contributed by atoms with Gasteiger partial charge in [-0.3, -0.25) is 5.32 Å². The molecule has 2 fully saturated rings. The zero-order chi connectivity index (χ0) is 15.9. The molecule has 1 N–H and O–H groups in total. The Morgan fingerprint density at radius 2 is 1.87 bits per heavy atom. The molecule has 4 nitrogen and oxygen atoms in total. The van der Waals surface area contributed by atoms with Crippen molar-refractivity contribution in [1.29, 1.82) is 0 Å². The van der Waals surface area contributed by atoms with Crippen LogP contribution in [0.1, 0.15) is 38.6 Å². The van der Waals surface area contributed by atoms with Crippen LogP contribution in [0.4, 0.5) is 0 Å². The van der Waals surface area contributed by atoms with Gasteiger partial charge in [-0.25, -0.2) is 0 Å². The van der Waals surface area contributed by atoms with Gasteiger partial charge in [0, 0.05) is 10.3 Å². The molecule has 2 saturated heterocycles. The van der Waals surface area contributed by atoms with E-state index in [9.17, 15) is 0 Å². The third kappa shape index (κ3) is 2.92. The van der Waals surface area contributed by atoms with Gasteiger partial charge in [0.2, 0.25) is 11.8 Å². The van der Waals surface area contributed by atoms with Gasteiger partial charge in [0.1, 0.15) is 6.04 Å². The molecule has 0 radical (unpaired) electrons. The molecule has 2 aromatic rings. The maximum Gasteiger partial charge on any atom is 0.247 e. The number of benzene rings is 1. The number of aromatic nitrogens is 2. The number of thioether (sulfide) groups is 2. The summed E-state index contributed by atoms with van der Waals surface area (Å²) in [6, 6.07) is 10.1. The monoisotopic (exact) mass is 347 g/mol. The van der Waals surface area contributed by atoms with E-state index in [0.29, 0.717) is 11.8 Å². The van der Waals surface area contributed by atoms with Crippen molar-refractivity contribution in [2.75, 3.05) is 11.5 Å². The summed E-state index contributed by atoms with van der Waals surface area (Å²) < 4.78 is 6.06. The van der Waals surface area contributed by atoms with Crippen molar-refractivity contribution in [1.82, 2.24) is 15.5 Å². The molecule has 122 valence electrons. The standard InChI is InChI=1S/C17H21N3OS2/c1-16(2)13(18-17(23-16)8-10-22-11-9-17)15-20-19-14(21-15)12-6-4-3-5-7-12/h3-7,13,18H,8-11H2,1-2H3/t13-/m0/s1. The largest absolute Gasteiger partial charge is 0.419 e. The molecule has 1 spiro atoms. The molecule has 1 atom stereocenters. The summed E-state index contributed by atoms with van der Waals surface area (Å²) in [6.45, 7) is 4.55. The molecule has 0 aliphatic carbocycles. The molecule has 1 aromatic heterocycles. The first-order valence-corrected chi connectivity index (χ1v) is 10.00. The zero-order valence-corrected chi connectivity index (χ0v) is 15.0. The maximum absolute atomic E-state index is 6.02. The van der Waals surface area contributed by atoms with Gasteiger partial charge in [0.15, 0.2) is 0 Å². The van der Waals surface area contributed by atoms with Crippen molar-refractivity contribution < 1.29 is 4.42 Å². The lowest BCUT2D eigenvalue weighted by atomic mass is 10.0. The molecule has 1 aromatic carbocycles. The Bertz CT molecular complexity index is 680. The molecule has 3 heterocycles. The van der Waals surface area contributed by atoms with E-state index in [-0.39, 0.29) is 15.7 Å². The Kier molecular flexibility index (Phi) is 3.94. The van der Waals surface area contributed by atoms with E-state index in [2.05, 4.69) is 29.4 Å². The molecule has 2 aliphatic heterocycles. The normalized spacial score (nSPS) is 25.7. The molecule has 2 aliphatic rings. The SMILES string of the molecule is CC1(C)SC2(CCSCC2)N[C@H]1c1nnc(-c2ccccc2)o1. The number of rotatable bonds is 2. The highest BCUT2D eigenvalue weighted by Crippen LogP contribution is 2.55. The van der Waals surface area contributed by atoms with Crippen LogP contribution in [0.5, 0.6) is 0 Å². The Labute approximate surface area is 145 Å². The second-order valence-corrected chi connectivity index (χ2v) is 9.96. The van der Waals surface area contributed by atoms with Crippen molar-refractivity contribution in [3.8, 4) is 11.5 Å². The van der Waals surface area contributed by atoms with E-state index in [4.69, 9.17) is 4.42 Å². The van der Waals surface area contributed by atoms with Gasteiger partial charge in [-0.05, 0) is 50.3 Å². The van der Waals surface area contributed by atoms with Crippen LogP contribution in [-0.2, 0) is 0 Å². The van der Waals surface area contributed by atoms with E-state index >= 15 is 0 Å². The van der Waals surface area contributed by atoms with Gasteiger partial charge in [0.25, 0.3) is 0 Å². The predicted molar refractivity (Wildman–Crippen MR) is 96.6 cm³/mol. The molecule has 0 bridgehead atoms. The Balaban J connectivity index is 1.61. The summed E-state index contributed by atoms with van der Waals surface area (Å²) >= 11 is 4.10. The third-order valence-corrected chi connectivity index (χ3v) is 7.23. The first-order chi connectivity index (χ1) is 11.1. The van der Waals surface area contributed by atoms with E-state index in [1.54, 1.807) is 0 Å². The van der Waals surface area contributed by atoms with Crippen molar-refractivity contribution in [3.63, 3.8) is 0 Å². The fraction of sp³-hybridized carbons (Fsp3) is 0.529. The highest BCUT2D eigenvalue weighted by atomic mass is 32.2. The van der Waals surface area contributed by atoms with Crippen LogP contribution < -0.4 is 5.32 Å². The lowest BCUT2D eigenvalue weighted by molar-refractivity contribution is 0.327. The average Bonchev–Trinajstić information content (AvgIpc) is 3.12. The predicted octanol–water partition coefficient (Wildman–Crippen LogP) is 4.12. The molecule has 4 rings (SSSR count). The van der Waals surface area contributed by atoms with E-state index < -0.39 is 0 Å². The quantitative estimate of drug-likeness (QED) is 0.882. The number of nitrogens with zero attached hydrogens (tertiary/aromatic N) is 2. The van der Waals surface area contributed by atoms with Crippen LogP contribution in [0, 0.1) is 0 Å². The fourth-order valence-corrected chi connectivity index (χ4v) is 6.70. The van der Waals surface area contributed by atoms with Gasteiger partial charge in [-0.1, -0.05) is 18.2 Å². The van der Waals surface area contributed by atoms with Crippen LogP contribution in [0.15, 0.2) is 34.7 Å². The highest BCUT2D eigenvalue weighted by Gasteiger charge is 2.52. The molecule has 0 unspecified atom stereocenters. The van der Waals surface area contributed by atoms with E-state index in [1.807, 2.05) is 53.9 Å². The minimum absolute atomic E-state index is 0.0441. The second kappa shape index (κ2) is 5.83. The Hall–Kier alpha value is -0.980. The van der Waals surface area contributed by atoms with Crippen molar-refractivity contribution in [2.24, 2.45) is 0 Å². The Morgan fingerprint density at radius 3 is 2.61 bits per heavy atom. The zero-order valence-electron chi connectivity index (χ0n) is 13.4. The van der Waals surface area contributed by atoms with E-state index in [0.717, 1.165) is 5.56 Å². The second-order valence-electron chi connectivity index (χ2n) is 6.70. The molecule has 0 saturated carbocycles. The van der Waals surface area contributed by atoms with Gasteiger partial charge >= 0.3 is 0 Å². The van der Waals surface area contributed by atoms with Crippen molar-refractivity contribution >= 4 is 23.5 Å². The smallest absolute Gasteiger partial charge is 0.247 e. The first-order valence-electron chi connectivity index (χ1n) is 8.02. The molecule has 23 heavy (non-hydrogen) atoms. The Morgan fingerprint density at radius 1 is 1.13 bits per heavy atom. The lowest BCUT2D eigenvalue weighted by Crippen LogP contribution is -2.42. The van der Waals surface area contributed by atoms with Gasteiger partial charge < -0.3 is 4.42 Å². The molecular formula is C17H21N3OS2. The summed E-state index contributed by atoms with van der Waals surface area (Å²) in [5.41, 5.74) is 0.971. The van der Waals surface area contributed by atoms with Crippen LogP contribution >= 0.6 is 23.5 Å². The molecular weight excluding hydrogens is 326 g/mol. The number of hydrogen-bond acceptors (Lipinski definition) is 6. The van der Waals surface area contributed by atoms with Gasteiger partial charge in [0.05, 0.1) is 4.87 Å². The van der Waals surface area contributed by atoms with Crippen molar-refractivity contribution in [2.45, 2.75) is 42.3 Å². The fourth-order valence-electron chi connectivity index (χ4n) is 3.38. The third-order valence-electron chi connectivity index (χ3n) is 4.57. The summed E-state index contributed by atoms with van der Waals surface area (Å²) in [7, 11) is 0. The van der Waals surface area contributed by atoms with Crippen LogP contribution in [0.2, 0.25) is 0 Å². The minimum Gasteiger partial charge on any atom is -0.419 e. The van der Waals surface area contributed by atoms with Gasteiger partial charge in [-0.15, -0.1) is 22.0 Å². The first kappa shape index (κ1) is 15.5. The van der Waals surface area contributed by atoms with Crippen LogP contribution in [0.25, 0.3) is 11.5 Å². The maximum atomic E-state index is 6.02. The summed E-state index contributed by atoms with van der Waals surface area (Å²) in [5, 5.41) is 12.4. The topological polar surface area (TPSA) is 51.0 Å². The summed E-state index contributed by atoms with van der Waals surface area (Å²) in [4.78, 5) is 0.167. The van der Waals surface area contributed by atoms with E-state index in [1.165, 1.54) is 24.3 Å². The van der Waals surface area contributed by atoms with Crippen molar-refractivity contribution in [3.05, 3.63) is 36.2 Å².